The third kappa shape index (κ3) is 5.04. The molecule has 0 aromatic rings. The van der Waals surface area contributed by atoms with Gasteiger partial charge < -0.3 is 20.1 Å². The number of aliphatic hydroxyl groups is 1. The molecule has 0 radical (unpaired) electrons. The Balaban J connectivity index is 1.48. The van der Waals surface area contributed by atoms with Crippen LogP contribution in [0, 0.1) is 11.8 Å². The van der Waals surface area contributed by atoms with Gasteiger partial charge in [-0.25, -0.2) is 4.79 Å². The third-order valence-corrected chi connectivity index (χ3v) is 6.72. The zero-order valence-electron chi connectivity index (χ0n) is 16.9. The Morgan fingerprint density at radius 2 is 1.68 bits per heavy atom. The van der Waals surface area contributed by atoms with Crippen molar-refractivity contribution in [1.29, 1.82) is 0 Å². The topological polar surface area (TPSA) is 95.9 Å². The van der Waals surface area contributed by atoms with E-state index in [0.29, 0.717) is 44.6 Å². The number of esters is 1. The maximum absolute atomic E-state index is 13.0. The van der Waals surface area contributed by atoms with Crippen LogP contribution in [0.5, 0.6) is 0 Å². The summed E-state index contributed by atoms with van der Waals surface area (Å²) in [6.45, 7) is 0.480. The van der Waals surface area contributed by atoms with Crippen LogP contribution in [0.25, 0.3) is 0 Å². The SMILES string of the molecule is COC(=O)C1C(O)CCCN1C(=O)C1CCC(NC(=O)CC2CCCC2)CC1. The average Bonchev–Trinajstić information content (AvgIpc) is 3.20. The Labute approximate surface area is 167 Å². The normalized spacial score (nSPS) is 31.4. The number of nitrogens with one attached hydrogen (secondary N) is 1. The zero-order valence-corrected chi connectivity index (χ0v) is 16.9. The minimum Gasteiger partial charge on any atom is -0.467 e. The van der Waals surface area contributed by atoms with Gasteiger partial charge in [-0.15, -0.1) is 0 Å². The molecule has 158 valence electrons. The number of amides is 2. The number of likely N-dealkylation sites (tertiary alicyclic amines) is 1. The number of carbonyl (C=O) groups excluding carboxylic acids is 3. The first kappa shape index (κ1) is 21.1. The number of carbonyl (C=O) groups is 3. The monoisotopic (exact) mass is 394 g/mol. The van der Waals surface area contributed by atoms with Crippen LogP contribution in [0.15, 0.2) is 0 Å². The summed E-state index contributed by atoms with van der Waals surface area (Å²) in [5.41, 5.74) is 0. The fourth-order valence-electron chi connectivity index (χ4n) is 5.11. The molecule has 2 unspecified atom stereocenters. The highest BCUT2D eigenvalue weighted by Crippen LogP contribution is 2.30. The van der Waals surface area contributed by atoms with Gasteiger partial charge in [-0.2, -0.15) is 0 Å². The minimum absolute atomic E-state index is 0.0649. The van der Waals surface area contributed by atoms with Crippen LogP contribution < -0.4 is 5.32 Å². The molecule has 2 aliphatic carbocycles. The number of rotatable bonds is 5. The number of aliphatic hydroxyl groups excluding tert-OH is 1. The van der Waals surface area contributed by atoms with Crippen LogP contribution in [-0.2, 0) is 19.1 Å². The first-order valence-electron chi connectivity index (χ1n) is 10.8. The maximum Gasteiger partial charge on any atom is 0.331 e. The molecule has 2 saturated carbocycles. The van der Waals surface area contributed by atoms with E-state index in [0.717, 1.165) is 25.7 Å². The average molecular weight is 395 g/mol. The van der Waals surface area contributed by atoms with E-state index >= 15 is 0 Å². The van der Waals surface area contributed by atoms with E-state index in [1.807, 2.05) is 0 Å². The van der Waals surface area contributed by atoms with E-state index in [9.17, 15) is 19.5 Å². The molecule has 3 fully saturated rings. The van der Waals surface area contributed by atoms with Gasteiger partial charge in [0, 0.05) is 24.9 Å². The van der Waals surface area contributed by atoms with Crippen molar-refractivity contribution in [2.75, 3.05) is 13.7 Å². The predicted octanol–water partition coefficient (Wildman–Crippen LogP) is 1.77. The lowest BCUT2D eigenvalue weighted by Gasteiger charge is -2.40. The van der Waals surface area contributed by atoms with Crippen LogP contribution in [0.4, 0.5) is 0 Å². The highest BCUT2D eigenvalue weighted by Gasteiger charge is 2.42. The van der Waals surface area contributed by atoms with Crippen molar-refractivity contribution < 1.29 is 24.2 Å². The molecule has 2 N–H and O–H groups in total. The molecule has 7 nitrogen and oxygen atoms in total. The van der Waals surface area contributed by atoms with Crippen LogP contribution in [0.2, 0.25) is 0 Å². The first-order chi connectivity index (χ1) is 13.5. The highest BCUT2D eigenvalue weighted by atomic mass is 16.5. The Kier molecular flexibility index (Phi) is 7.32. The van der Waals surface area contributed by atoms with E-state index in [4.69, 9.17) is 4.74 Å². The lowest BCUT2D eigenvalue weighted by atomic mass is 9.84. The fourth-order valence-corrected chi connectivity index (χ4v) is 5.11. The molecule has 0 aromatic carbocycles. The van der Waals surface area contributed by atoms with Gasteiger partial charge in [0.05, 0.1) is 13.2 Å². The van der Waals surface area contributed by atoms with Gasteiger partial charge in [0.25, 0.3) is 0 Å². The van der Waals surface area contributed by atoms with Crippen molar-refractivity contribution in [3.8, 4) is 0 Å². The van der Waals surface area contributed by atoms with Crippen LogP contribution in [0.3, 0.4) is 0 Å². The molecule has 28 heavy (non-hydrogen) atoms. The molecule has 3 aliphatic rings. The van der Waals surface area contributed by atoms with Gasteiger partial charge in [0.1, 0.15) is 0 Å². The number of ether oxygens (including phenoxy) is 1. The van der Waals surface area contributed by atoms with Crippen molar-refractivity contribution in [2.45, 2.75) is 88.8 Å². The van der Waals surface area contributed by atoms with E-state index < -0.39 is 18.1 Å². The van der Waals surface area contributed by atoms with Crippen molar-refractivity contribution in [3.05, 3.63) is 0 Å². The van der Waals surface area contributed by atoms with E-state index in [1.165, 1.54) is 24.9 Å². The van der Waals surface area contributed by atoms with Gasteiger partial charge in [0.15, 0.2) is 6.04 Å². The van der Waals surface area contributed by atoms with Crippen molar-refractivity contribution >= 4 is 17.8 Å². The summed E-state index contributed by atoms with van der Waals surface area (Å²) >= 11 is 0. The highest BCUT2D eigenvalue weighted by molar-refractivity contribution is 5.86. The van der Waals surface area contributed by atoms with Crippen LogP contribution in [-0.4, -0.2) is 59.6 Å². The Morgan fingerprint density at radius 1 is 1.00 bits per heavy atom. The lowest BCUT2D eigenvalue weighted by Crippen LogP contribution is -2.57. The van der Waals surface area contributed by atoms with Crippen molar-refractivity contribution in [3.63, 3.8) is 0 Å². The molecule has 2 amide bonds. The van der Waals surface area contributed by atoms with Crippen molar-refractivity contribution in [2.24, 2.45) is 11.8 Å². The quantitative estimate of drug-likeness (QED) is 0.693. The third-order valence-electron chi connectivity index (χ3n) is 6.72. The predicted molar refractivity (Wildman–Crippen MR) is 103 cm³/mol. The summed E-state index contributed by atoms with van der Waals surface area (Å²) in [5, 5.41) is 13.4. The Morgan fingerprint density at radius 3 is 2.32 bits per heavy atom. The number of methoxy groups -OCH3 is 1. The molecular weight excluding hydrogens is 360 g/mol. The number of hydrogen-bond donors (Lipinski definition) is 2. The molecule has 1 aliphatic heterocycles. The summed E-state index contributed by atoms with van der Waals surface area (Å²) in [6.07, 6.45) is 8.74. The van der Waals surface area contributed by atoms with Crippen molar-refractivity contribution in [1.82, 2.24) is 10.2 Å². The lowest BCUT2D eigenvalue weighted by molar-refractivity contribution is -0.163. The number of piperidine rings is 1. The van der Waals surface area contributed by atoms with Gasteiger partial charge in [0.2, 0.25) is 11.8 Å². The second-order valence-electron chi connectivity index (χ2n) is 8.68. The Bertz CT molecular complexity index is 567. The summed E-state index contributed by atoms with van der Waals surface area (Å²) in [4.78, 5) is 38.8. The van der Waals surface area contributed by atoms with Gasteiger partial charge in [-0.05, 0) is 57.3 Å². The first-order valence-corrected chi connectivity index (χ1v) is 10.8. The van der Waals surface area contributed by atoms with Crippen LogP contribution in [0.1, 0.15) is 70.6 Å². The fraction of sp³-hybridized carbons (Fsp3) is 0.857. The smallest absolute Gasteiger partial charge is 0.331 e. The summed E-state index contributed by atoms with van der Waals surface area (Å²) in [5.74, 6) is -0.0796. The standard InChI is InChI=1S/C21H34N2O5/c1-28-21(27)19-17(24)7-4-12-23(19)20(26)15-8-10-16(11-9-15)22-18(25)13-14-5-2-3-6-14/h14-17,19,24H,2-13H2,1H3,(H,22,25). The summed E-state index contributed by atoms with van der Waals surface area (Å²) < 4.78 is 4.80. The van der Waals surface area contributed by atoms with Gasteiger partial charge in [-0.1, -0.05) is 12.8 Å². The molecule has 1 saturated heterocycles. The molecule has 0 aromatic heterocycles. The number of nitrogens with zero attached hydrogens (tertiary/aromatic N) is 1. The zero-order chi connectivity index (χ0) is 20.1. The summed E-state index contributed by atoms with van der Waals surface area (Å²) in [7, 11) is 1.28. The maximum atomic E-state index is 13.0. The van der Waals surface area contributed by atoms with E-state index in [-0.39, 0.29) is 23.8 Å². The number of hydrogen-bond acceptors (Lipinski definition) is 5. The van der Waals surface area contributed by atoms with Gasteiger partial charge in [-0.3, -0.25) is 9.59 Å². The second-order valence-corrected chi connectivity index (χ2v) is 8.68. The largest absolute Gasteiger partial charge is 0.467 e. The summed E-state index contributed by atoms with van der Waals surface area (Å²) in [6, 6.07) is -0.753. The van der Waals surface area contributed by atoms with E-state index in [1.54, 1.807) is 0 Å². The molecule has 2 atom stereocenters. The molecule has 0 bridgehead atoms. The molecule has 7 heteroatoms. The molecule has 0 spiro atoms. The Hall–Kier alpha value is -1.63. The molecular formula is C21H34N2O5. The van der Waals surface area contributed by atoms with Crippen LogP contribution >= 0.6 is 0 Å². The minimum atomic E-state index is -0.893. The molecule has 1 heterocycles. The van der Waals surface area contributed by atoms with E-state index in [2.05, 4.69) is 5.32 Å². The second kappa shape index (κ2) is 9.72. The van der Waals surface area contributed by atoms with Gasteiger partial charge >= 0.3 is 5.97 Å². The molecule has 3 rings (SSSR count).